The minimum absolute atomic E-state index is 0.00717. The molecule has 3 rings (SSSR count). The summed E-state index contributed by atoms with van der Waals surface area (Å²) >= 11 is 1.38. The first kappa shape index (κ1) is 16.9. The molecular formula is C16H21N5O2S. The van der Waals surface area contributed by atoms with Gasteiger partial charge in [0.15, 0.2) is 5.82 Å². The summed E-state index contributed by atoms with van der Waals surface area (Å²) in [5.74, 6) is 0.639. The zero-order chi connectivity index (χ0) is 17.1. The molecule has 8 heteroatoms. The largest absolute Gasteiger partial charge is 0.367 e. The maximum absolute atomic E-state index is 12.7. The third-order valence-electron chi connectivity index (χ3n) is 3.79. The Morgan fingerprint density at radius 2 is 2.29 bits per heavy atom. The van der Waals surface area contributed by atoms with Gasteiger partial charge in [-0.3, -0.25) is 4.79 Å². The van der Waals surface area contributed by atoms with Crippen molar-refractivity contribution < 1.29 is 9.53 Å². The standard InChI is InChI=1S/C16H21N5O2S/c1-11-14(24-10-18-11)16(22)21-6-7-23-13(9-21)15-17-5-4-12(19-15)8-20(2)3/h4-5,10,13H,6-9H2,1-3H3/t13-/m0/s1. The molecule has 0 unspecified atom stereocenters. The molecule has 0 aromatic carbocycles. The van der Waals surface area contributed by atoms with Gasteiger partial charge in [0.1, 0.15) is 11.0 Å². The second-order valence-electron chi connectivity index (χ2n) is 6.02. The molecule has 1 aliphatic rings. The van der Waals surface area contributed by atoms with E-state index in [2.05, 4.69) is 19.9 Å². The summed E-state index contributed by atoms with van der Waals surface area (Å²) in [5.41, 5.74) is 3.42. The lowest BCUT2D eigenvalue weighted by molar-refractivity contribution is -0.0268. The lowest BCUT2D eigenvalue weighted by Crippen LogP contribution is -2.42. The Morgan fingerprint density at radius 1 is 1.46 bits per heavy atom. The van der Waals surface area contributed by atoms with Crippen LogP contribution in [0.4, 0.5) is 0 Å². The van der Waals surface area contributed by atoms with E-state index in [-0.39, 0.29) is 12.0 Å². The molecule has 7 nitrogen and oxygen atoms in total. The number of thiazole rings is 1. The van der Waals surface area contributed by atoms with Gasteiger partial charge in [0.2, 0.25) is 0 Å². The van der Waals surface area contributed by atoms with Gasteiger partial charge in [-0.25, -0.2) is 15.0 Å². The van der Waals surface area contributed by atoms with Crippen LogP contribution in [-0.4, -0.2) is 64.5 Å². The average molecular weight is 347 g/mol. The maximum atomic E-state index is 12.7. The minimum Gasteiger partial charge on any atom is -0.367 e. The molecule has 24 heavy (non-hydrogen) atoms. The third-order valence-corrected chi connectivity index (χ3v) is 4.71. The Hall–Kier alpha value is -1.90. The molecule has 0 N–H and O–H groups in total. The molecule has 2 aromatic rings. The second kappa shape index (κ2) is 7.33. The summed E-state index contributed by atoms with van der Waals surface area (Å²) in [6.45, 7) is 4.11. The fraction of sp³-hybridized carbons (Fsp3) is 0.500. The van der Waals surface area contributed by atoms with Gasteiger partial charge in [-0.05, 0) is 27.1 Å². The molecule has 2 aromatic heterocycles. The second-order valence-corrected chi connectivity index (χ2v) is 6.88. The van der Waals surface area contributed by atoms with Crippen LogP contribution in [0.15, 0.2) is 17.8 Å². The van der Waals surface area contributed by atoms with E-state index in [9.17, 15) is 4.79 Å². The number of aromatic nitrogens is 3. The minimum atomic E-state index is -0.293. The molecule has 1 saturated heterocycles. The highest BCUT2D eigenvalue weighted by Gasteiger charge is 2.29. The van der Waals surface area contributed by atoms with Crippen molar-refractivity contribution in [2.75, 3.05) is 33.8 Å². The third kappa shape index (κ3) is 3.77. The summed E-state index contributed by atoms with van der Waals surface area (Å²) in [6, 6.07) is 1.90. The Kier molecular flexibility index (Phi) is 5.17. The Bertz CT molecular complexity index is 718. The highest BCUT2D eigenvalue weighted by atomic mass is 32.1. The van der Waals surface area contributed by atoms with Crippen molar-refractivity contribution >= 4 is 17.2 Å². The molecule has 0 spiro atoms. The monoisotopic (exact) mass is 347 g/mol. The van der Waals surface area contributed by atoms with Gasteiger partial charge in [0.05, 0.1) is 30.1 Å². The van der Waals surface area contributed by atoms with Crippen molar-refractivity contribution in [2.45, 2.75) is 19.6 Å². The van der Waals surface area contributed by atoms with Crippen molar-refractivity contribution in [3.8, 4) is 0 Å². The molecule has 0 saturated carbocycles. The number of ether oxygens (including phenoxy) is 1. The van der Waals surface area contributed by atoms with E-state index in [1.165, 1.54) is 11.3 Å². The van der Waals surface area contributed by atoms with E-state index in [4.69, 9.17) is 4.74 Å². The summed E-state index contributed by atoms with van der Waals surface area (Å²) in [5, 5.41) is 0. The molecule has 0 radical (unpaired) electrons. The fourth-order valence-electron chi connectivity index (χ4n) is 2.62. The first-order valence-electron chi connectivity index (χ1n) is 7.82. The highest BCUT2D eigenvalue weighted by Crippen LogP contribution is 2.23. The number of aryl methyl sites for hydroxylation is 1. The van der Waals surface area contributed by atoms with Crippen LogP contribution in [0.3, 0.4) is 0 Å². The normalized spacial score (nSPS) is 18.2. The van der Waals surface area contributed by atoms with Crippen molar-refractivity contribution in [3.05, 3.63) is 39.9 Å². The number of hydrogen-bond acceptors (Lipinski definition) is 7. The van der Waals surface area contributed by atoms with Gasteiger partial charge in [0.25, 0.3) is 5.91 Å². The SMILES string of the molecule is Cc1ncsc1C(=O)N1CCO[C@H](c2nccc(CN(C)C)n2)C1. The number of carbonyl (C=O) groups is 1. The van der Waals surface area contributed by atoms with Gasteiger partial charge in [-0.1, -0.05) is 0 Å². The van der Waals surface area contributed by atoms with Crippen molar-refractivity contribution in [2.24, 2.45) is 0 Å². The van der Waals surface area contributed by atoms with Crippen LogP contribution in [0.25, 0.3) is 0 Å². The number of morpholine rings is 1. The van der Waals surface area contributed by atoms with Crippen molar-refractivity contribution in [3.63, 3.8) is 0 Å². The number of rotatable bonds is 4. The maximum Gasteiger partial charge on any atom is 0.266 e. The number of hydrogen-bond donors (Lipinski definition) is 0. The van der Waals surface area contributed by atoms with Gasteiger partial charge < -0.3 is 14.5 Å². The van der Waals surface area contributed by atoms with Crippen molar-refractivity contribution in [1.29, 1.82) is 0 Å². The lowest BCUT2D eigenvalue weighted by atomic mass is 10.2. The molecule has 0 aliphatic carbocycles. The van der Waals surface area contributed by atoms with Crippen LogP contribution in [-0.2, 0) is 11.3 Å². The Labute approximate surface area is 145 Å². The van der Waals surface area contributed by atoms with Crippen LogP contribution >= 0.6 is 11.3 Å². The van der Waals surface area contributed by atoms with Crippen LogP contribution in [0.1, 0.15) is 33.0 Å². The van der Waals surface area contributed by atoms with Crippen molar-refractivity contribution in [1.82, 2.24) is 24.8 Å². The zero-order valence-electron chi connectivity index (χ0n) is 14.1. The summed E-state index contributed by atoms with van der Waals surface area (Å²) in [6.07, 6.45) is 1.46. The van der Waals surface area contributed by atoms with Crippen LogP contribution < -0.4 is 0 Å². The number of nitrogens with zero attached hydrogens (tertiary/aromatic N) is 5. The van der Waals surface area contributed by atoms with Crippen LogP contribution in [0, 0.1) is 6.92 Å². The molecule has 0 bridgehead atoms. The molecule has 1 fully saturated rings. The number of carbonyl (C=O) groups excluding carboxylic acids is 1. The van der Waals surface area contributed by atoms with E-state index in [0.717, 1.165) is 17.9 Å². The van der Waals surface area contributed by atoms with Gasteiger partial charge in [0, 0.05) is 19.3 Å². The zero-order valence-corrected chi connectivity index (χ0v) is 14.9. The molecule has 3 heterocycles. The van der Waals surface area contributed by atoms with Gasteiger partial charge in [-0.2, -0.15) is 0 Å². The van der Waals surface area contributed by atoms with Crippen LogP contribution in [0.2, 0.25) is 0 Å². The summed E-state index contributed by atoms with van der Waals surface area (Å²) < 4.78 is 5.81. The Balaban J connectivity index is 1.74. The first-order chi connectivity index (χ1) is 11.5. The van der Waals surface area contributed by atoms with E-state index in [1.54, 1.807) is 16.6 Å². The predicted molar refractivity (Wildman–Crippen MR) is 90.9 cm³/mol. The average Bonchev–Trinajstić information content (AvgIpc) is 3.00. The lowest BCUT2D eigenvalue weighted by Gasteiger charge is -2.32. The molecule has 1 amide bonds. The van der Waals surface area contributed by atoms with Crippen LogP contribution in [0.5, 0.6) is 0 Å². The fourth-order valence-corrected chi connectivity index (χ4v) is 3.39. The summed E-state index contributed by atoms with van der Waals surface area (Å²) in [7, 11) is 3.99. The number of amides is 1. The van der Waals surface area contributed by atoms with E-state index >= 15 is 0 Å². The van der Waals surface area contributed by atoms with Gasteiger partial charge in [-0.15, -0.1) is 11.3 Å². The first-order valence-corrected chi connectivity index (χ1v) is 8.70. The summed E-state index contributed by atoms with van der Waals surface area (Å²) in [4.78, 5) is 30.3. The smallest absolute Gasteiger partial charge is 0.266 e. The highest BCUT2D eigenvalue weighted by molar-refractivity contribution is 7.11. The topological polar surface area (TPSA) is 71.5 Å². The Morgan fingerprint density at radius 3 is 3.00 bits per heavy atom. The predicted octanol–water partition coefficient (Wildman–Crippen LogP) is 1.52. The van der Waals surface area contributed by atoms with Gasteiger partial charge >= 0.3 is 0 Å². The molecule has 128 valence electrons. The van der Waals surface area contributed by atoms with E-state index < -0.39 is 0 Å². The van der Waals surface area contributed by atoms with E-state index in [1.807, 2.05) is 27.1 Å². The molecular weight excluding hydrogens is 326 g/mol. The van der Waals surface area contributed by atoms with E-state index in [0.29, 0.717) is 30.4 Å². The quantitative estimate of drug-likeness (QED) is 0.835. The molecule has 1 aliphatic heterocycles. The molecule has 1 atom stereocenters.